The fourth-order valence-corrected chi connectivity index (χ4v) is 3.75. The Hall–Kier alpha value is -2.92. The van der Waals surface area contributed by atoms with Crippen molar-refractivity contribution in [2.24, 2.45) is 0 Å². The van der Waals surface area contributed by atoms with Gasteiger partial charge < -0.3 is 13.8 Å². The molecule has 0 bridgehead atoms. The molecule has 27 heavy (non-hydrogen) atoms. The van der Waals surface area contributed by atoms with Gasteiger partial charge in [-0.05, 0) is 49.6 Å². The Bertz CT molecular complexity index is 1120. The van der Waals surface area contributed by atoms with Gasteiger partial charge in [0.2, 0.25) is 0 Å². The van der Waals surface area contributed by atoms with Crippen molar-refractivity contribution >= 4 is 11.0 Å². The minimum absolute atomic E-state index is 0.299. The Labute approximate surface area is 157 Å². The fourth-order valence-electron chi connectivity index (χ4n) is 3.75. The van der Waals surface area contributed by atoms with Gasteiger partial charge in [0.05, 0.1) is 23.3 Å². The molecule has 1 fully saturated rings. The zero-order valence-corrected chi connectivity index (χ0v) is 15.7. The van der Waals surface area contributed by atoms with E-state index in [4.69, 9.17) is 14.2 Å². The molecule has 4 aromatic rings. The largest absolute Gasteiger partial charge is 0.368 e. The lowest BCUT2D eigenvalue weighted by molar-refractivity contribution is 0.393. The molecule has 0 spiro atoms. The molecule has 1 unspecified atom stereocenters. The van der Waals surface area contributed by atoms with E-state index < -0.39 is 0 Å². The summed E-state index contributed by atoms with van der Waals surface area (Å²) in [6, 6.07) is 15.0. The van der Waals surface area contributed by atoms with Crippen LogP contribution in [0.3, 0.4) is 0 Å². The van der Waals surface area contributed by atoms with E-state index in [9.17, 15) is 0 Å². The lowest BCUT2D eigenvalue weighted by Gasteiger charge is -2.09. The Morgan fingerprint density at radius 1 is 1.07 bits per heavy atom. The van der Waals surface area contributed by atoms with Crippen LogP contribution in [0.15, 0.2) is 47.0 Å². The number of aromatic nitrogens is 3. The quantitative estimate of drug-likeness (QED) is 0.494. The van der Waals surface area contributed by atoms with Crippen LogP contribution >= 0.6 is 0 Å². The molecule has 1 saturated heterocycles. The minimum Gasteiger partial charge on any atom is -0.368 e. The molecule has 1 aliphatic rings. The number of benzene rings is 2. The van der Waals surface area contributed by atoms with E-state index in [0.29, 0.717) is 6.10 Å². The summed E-state index contributed by atoms with van der Waals surface area (Å²) in [5, 5.41) is 4.09. The van der Waals surface area contributed by atoms with E-state index in [2.05, 4.69) is 59.1 Å². The summed E-state index contributed by atoms with van der Waals surface area (Å²) in [5.41, 5.74) is 7.73. The van der Waals surface area contributed by atoms with E-state index in [1.54, 1.807) is 0 Å². The van der Waals surface area contributed by atoms with E-state index >= 15 is 0 Å². The highest BCUT2D eigenvalue weighted by atomic mass is 16.6. The van der Waals surface area contributed by atoms with E-state index in [-0.39, 0.29) is 0 Å². The van der Waals surface area contributed by atoms with Gasteiger partial charge in [0.1, 0.15) is 17.7 Å². The van der Waals surface area contributed by atoms with Gasteiger partial charge in [-0.2, -0.15) is 0 Å². The third kappa shape index (κ3) is 2.84. The number of imidazole rings is 1. The Morgan fingerprint density at radius 3 is 2.52 bits per heavy atom. The molecule has 2 aromatic heterocycles. The van der Waals surface area contributed by atoms with Gasteiger partial charge in [0.15, 0.2) is 0 Å². The van der Waals surface area contributed by atoms with Crippen LogP contribution in [0.1, 0.15) is 34.5 Å². The third-order valence-electron chi connectivity index (χ3n) is 5.29. The molecule has 5 heteroatoms. The first-order chi connectivity index (χ1) is 13.1. The number of rotatable bonds is 4. The average molecular weight is 359 g/mol. The number of hydrogen-bond acceptors (Lipinski definition) is 4. The smallest absolute Gasteiger partial charge is 0.141 e. The molecular weight excluding hydrogens is 338 g/mol. The number of hydrogen-bond donors (Lipinski definition) is 0. The molecule has 0 N–H and O–H groups in total. The van der Waals surface area contributed by atoms with Crippen molar-refractivity contribution in [3.05, 3.63) is 70.9 Å². The van der Waals surface area contributed by atoms with Gasteiger partial charge >= 0.3 is 0 Å². The lowest BCUT2D eigenvalue weighted by atomic mass is 10.0. The SMILES string of the molecule is Cc1noc(C)c1-c1ccc2nc(C)n(Cc3ccc(C4CO4)cc3)c2c1. The van der Waals surface area contributed by atoms with Crippen LogP contribution < -0.4 is 0 Å². The van der Waals surface area contributed by atoms with Gasteiger partial charge in [-0.3, -0.25) is 0 Å². The number of nitrogens with zero attached hydrogens (tertiary/aromatic N) is 3. The second-order valence-electron chi connectivity index (χ2n) is 7.21. The summed E-state index contributed by atoms with van der Waals surface area (Å²) in [5.74, 6) is 1.85. The maximum atomic E-state index is 5.36. The lowest BCUT2D eigenvalue weighted by Crippen LogP contribution is -2.02. The van der Waals surface area contributed by atoms with Crippen LogP contribution in [-0.4, -0.2) is 21.3 Å². The zero-order chi connectivity index (χ0) is 18.5. The topological polar surface area (TPSA) is 56.4 Å². The first kappa shape index (κ1) is 16.3. The van der Waals surface area contributed by atoms with Crippen LogP contribution in [0.4, 0.5) is 0 Å². The highest BCUT2D eigenvalue weighted by molar-refractivity contribution is 5.83. The summed E-state index contributed by atoms with van der Waals surface area (Å²) in [7, 11) is 0. The van der Waals surface area contributed by atoms with Gasteiger partial charge in [-0.25, -0.2) is 4.98 Å². The number of epoxide rings is 1. The number of aryl methyl sites for hydroxylation is 3. The molecular formula is C22H21N3O2. The van der Waals surface area contributed by atoms with Gasteiger partial charge in [0, 0.05) is 12.1 Å². The number of ether oxygens (including phenoxy) is 1. The van der Waals surface area contributed by atoms with Crippen molar-refractivity contribution in [3.63, 3.8) is 0 Å². The molecule has 1 atom stereocenters. The summed E-state index contributed by atoms with van der Waals surface area (Å²) < 4.78 is 13.0. The van der Waals surface area contributed by atoms with Crippen LogP contribution in [0.25, 0.3) is 22.2 Å². The first-order valence-electron chi connectivity index (χ1n) is 9.21. The molecule has 1 aliphatic heterocycles. The summed E-state index contributed by atoms with van der Waals surface area (Å²) >= 11 is 0. The standard InChI is InChI=1S/C22H21N3O2/c1-13-22(14(2)27-24-13)18-8-9-19-20(10-18)25(15(3)23-19)11-16-4-6-17(7-5-16)21-12-26-21/h4-10,21H,11-12H2,1-3H3. The molecule has 5 nitrogen and oxygen atoms in total. The predicted octanol–water partition coefficient (Wildman–Crippen LogP) is 4.74. The molecule has 3 heterocycles. The molecule has 0 amide bonds. The van der Waals surface area contributed by atoms with Crippen LogP contribution in [0.5, 0.6) is 0 Å². The molecule has 2 aromatic carbocycles. The molecule has 0 saturated carbocycles. The van der Waals surface area contributed by atoms with Gasteiger partial charge in [0.25, 0.3) is 0 Å². The molecule has 0 radical (unpaired) electrons. The maximum absolute atomic E-state index is 5.36. The Balaban J connectivity index is 1.55. The fraction of sp³-hybridized carbons (Fsp3) is 0.273. The van der Waals surface area contributed by atoms with Gasteiger partial charge in [-0.1, -0.05) is 35.5 Å². The van der Waals surface area contributed by atoms with Gasteiger partial charge in [-0.15, -0.1) is 0 Å². The van der Waals surface area contributed by atoms with Crippen molar-refractivity contribution in [1.82, 2.24) is 14.7 Å². The Kier molecular flexibility index (Phi) is 3.65. The number of fused-ring (bicyclic) bond motifs is 1. The minimum atomic E-state index is 0.299. The second-order valence-corrected chi connectivity index (χ2v) is 7.21. The zero-order valence-electron chi connectivity index (χ0n) is 15.7. The van der Waals surface area contributed by atoms with Crippen molar-refractivity contribution in [3.8, 4) is 11.1 Å². The summed E-state index contributed by atoms with van der Waals surface area (Å²) in [6.45, 7) is 7.62. The maximum Gasteiger partial charge on any atom is 0.141 e. The third-order valence-corrected chi connectivity index (χ3v) is 5.29. The van der Waals surface area contributed by atoms with Crippen molar-refractivity contribution in [2.45, 2.75) is 33.4 Å². The van der Waals surface area contributed by atoms with E-state index in [1.165, 1.54) is 11.1 Å². The predicted molar refractivity (Wildman–Crippen MR) is 104 cm³/mol. The van der Waals surface area contributed by atoms with Crippen molar-refractivity contribution < 1.29 is 9.26 Å². The Morgan fingerprint density at radius 2 is 1.85 bits per heavy atom. The highest BCUT2D eigenvalue weighted by Crippen LogP contribution is 2.31. The monoisotopic (exact) mass is 359 g/mol. The van der Waals surface area contributed by atoms with Crippen LogP contribution in [-0.2, 0) is 11.3 Å². The molecule has 136 valence electrons. The normalized spacial score (nSPS) is 16.2. The summed E-state index contributed by atoms with van der Waals surface area (Å²) in [4.78, 5) is 4.74. The van der Waals surface area contributed by atoms with Crippen molar-refractivity contribution in [2.75, 3.05) is 6.61 Å². The average Bonchev–Trinajstić information content (AvgIpc) is 3.40. The molecule has 0 aliphatic carbocycles. The van der Waals surface area contributed by atoms with E-state index in [0.717, 1.165) is 52.6 Å². The highest BCUT2D eigenvalue weighted by Gasteiger charge is 2.24. The van der Waals surface area contributed by atoms with E-state index in [1.807, 2.05) is 13.8 Å². The van der Waals surface area contributed by atoms with Crippen molar-refractivity contribution in [1.29, 1.82) is 0 Å². The van der Waals surface area contributed by atoms with Crippen LogP contribution in [0, 0.1) is 20.8 Å². The molecule has 5 rings (SSSR count). The van der Waals surface area contributed by atoms with Crippen LogP contribution in [0.2, 0.25) is 0 Å². The second kappa shape index (κ2) is 6.06. The summed E-state index contributed by atoms with van der Waals surface area (Å²) in [6.07, 6.45) is 0.299. The first-order valence-corrected chi connectivity index (χ1v) is 9.21.